The van der Waals surface area contributed by atoms with Crippen molar-refractivity contribution in [3.8, 4) is 0 Å². The summed E-state index contributed by atoms with van der Waals surface area (Å²) in [6, 6.07) is 7.00. The molecule has 1 rings (SSSR count). The van der Waals surface area contributed by atoms with Crippen molar-refractivity contribution >= 4 is 23.2 Å². The Morgan fingerprint density at radius 3 is 2.83 bits per heavy atom. The molecule has 0 radical (unpaired) electrons. The van der Waals surface area contributed by atoms with Crippen molar-refractivity contribution in [2.24, 2.45) is 16.6 Å². The summed E-state index contributed by atoms with van der Waals surface area (Å²) in [5.41, 5.74) is 8.21. The van der Waals surface area contributed by atoms with Gasteiger partial charge in [-0.05, 0) is 18.2 Å². The molecule has 0 heterocycles. The van der Waals surface area contributed by atoms with Crippen LogP contribution in [0.2, 0.25) is 5.02 Å². The Morgan fingerprint density at radius 1 is 1.50 bits per heavy atom. The van der Waals surface area contributed by atoms with E-state index in [-0.39, 0.29) is 5.96 Å². The van der Waals surface area contributed by atoms with Crippen LogP contribution in [-0.4, -0.2) is 5.96 Å². The first kappa shape index (κ1) is 8.83. The smallest absolute Gasteiger partial charge is 0.208 e. The number of aliphatic imine (C=N–C) groups is 1. The van der Waals surface area contributed by atoms with Gasteiger partial charge in [0, 0.05) is 5.02 Å². The predicted molar refractivity (Wildman–Crippen MR) is 50.1 cm³/mol. The van der Waals surface area contributed by atoms with E-state index in [9.17, 15) is 0 Å². The lowest BCUT2D eigenvalue weighted by Crippen LogP contribution is -2.36. The summed E-state index contributed by atoms with van der Waals surface area (Å²) in [6.45, 7) is 0. The Hall–Kier alpha value is -1.26. The van der Waals surface area contributed by atoms with Gasteiger partial charge >= 0.3 is 0 Å². The van der Waals surface area contributed by atoms with Crippen molar-refractivity contribution in [2.45, 2.75) is 0 Å². The average molecular weight is 185 g/mol. The van der Waals surface area contributed by atoms with Gasteiger partial charge in [-0.25, -0.2) is 10.8 Å². The zero-order valence-corrected chi connectivity index (χ0v) is 7.05. The second-order valence-corrected chi connectivity index (χ2v) is 2.56. The highest BCUT2D eigenvalue weighted by atomic mass is 35.5. The summed E-state index contributed by atoms with van der Waals surface area (Å²) < 4.78 is 0. The van der Waals surface area contributed by atoms with E-state index in [1.165, 1.54) is 0 Å². The average Bonchev–Trinajstić information content (AvgIpc) is 2.04. The first-order chi connectivity index (χ1) is 5.72. The lowest BCUT2D eigenvalue weighted by atomic mass is 10.3. The van der Waals surface area contributed by atoms with Gasteiger partial charge in [-0.2, -0.15) is 0 Å². The minimum atomic E-state index is 0.150. The summed E-state index contributed by atoms with van der Waals surface area (Å²) in [5, 5.41) is 0.612. The zero-order valence-electron chi connectivity index (χ0n) is 6.29. The standard InChI is InChI=1S/C7H9ClN4/c8-5-2-1-3-6(4-5)11-7(9)12-10/h1-4H,10H2,(H3,9,11,12). The Bertz CT molecular complexity index is 297. The van der Waals surface area contributed by atoms with Crippen LogP contribution in [0.4, 0.5) is 5.69 Å². The van der Waals surface area contributed by atoms with Gasteiger partial charge in [0.2, 0.25) is 5.96 Å². The Balaban J connectivity index is 2.89. The molecule has 0 saturated carbocycles. The summed E-state index contributed by atoms with van der Waals surface area (Å²) in [5.74, 6) is 5.17. The van der Waals surface area contributed by atoms with E-state index < -0.39 is 0 Å². The van der Waals surface area contributed by atoms with Gasteiger partial charge in [-0.3, -0.25) is 5.43 Å². The summed E-state index contributed by atoms with van der Waals surface area (Å²) >= 11 is 5.71. The van der Waals surface area contributed by atoms with Gasteiger partial charge in [0.15, 0.2) is 0 Å². The van der Waals surface area contributed by atoms with Crippen molar-refractivity contribution in [2.75, 3.05) is 0 Å². The molecule has 0 aliphatic rings. The Labute approximate surface area is 75.2 Å². The molecule has 5 heteroatoms. The van der Waals surface area contributed by atoms with Gasteiger partial charge < -0.3 is 5.73 Å². The molecular weight excluding hydrogens is 176 g/mol. The van der Waals surface area contributed by atoms with Gasteiger partial charge in [0.25, 0.3) is 0 Å². The second-order valence-electron chi connectivity index (χ2n) is 2.12. The fourth-order valence-corrected chi connectivity index (χ4v) is 0.902. The fourth-order valence-electron chi connectivity index (χ4n) is 0.717. The largest absolute Gasteiger partial charge is 0.369 e. The third kappa shape index (κ3) is 2.41. The number of guanidine groups is 1. The van der Waals surface area contributed by atoms with Crippen LogP contribution in [-0.2, 0) is 0 Å². The zero-order chi connectivity index (χ0) is 8.97. The normalized spacial score (nSPS) is 11.3. The third-order valence-corrected chi connectivity index (χ3v) is 1.44. The van der Waals surface area contributed by atoms with E-state index >= 15 is 0 Å². The molecule has 0 bridgehead atoms. The molecule has 0 fully saturated rings. The quantitative estimate of drug-likeness (QED) is 0.261. The molecule has 1 aromatic carbocycles. The monoisotopic (exact) mass is 184 g/mol. The molecular formula is C7H9ClN4. The molecule has 12 heavy (non-hydrogen) atoms. The highest BCUT2D eigenvalue weighted by Crippen LogP contribution is 2.17. The van der Waals surface area contributed by atoms with Crippen LogP contribution in [0, 0.1) is 0 Å². The van der Waals surface area contributed by atoms with Gasteiger partial charge in [0.1, 0.15) is 0 Å². The van der Waals surface area contributed by atoms with Crippen LogP contribution in [0.25, 0.3) is 0 Å². The SMILES string of the molecule is NNC(N)=Nc1cccc(Cl)c1. The van der Waals surface area contributed by atoms with E-state index in [1.54, 1.807) is 24.3 Å². The molecule has 64 valence electrons. The van der Waals surface area contributed by atoms with Crippen LogP contribution < -0.4 is 17.0 Å². The molecule has 0 atom stereocenters. The van der Waals surface area contributed by atoms with Crippen molar-refractivity contribution in [3.05, 3.63) is 29.3 Å². The summed E-state index contributed by atoms with van der Waals surface area (Å²) in [7, 11) is 0. The number of rotatable bonds is 1. The predicted octanol–water partition coefficient (Wildman–Crippen LogP) is 0.750. The topological polar surface area (TPSA) is 76.4 Å². The fraction of sp³-hybridized carbons (Fsp3) is 0. The van der Waals surface area contributed by atoms with Crippen molar-refractivity contribution in [1.29, 1.82) is 0 Å². The first-order valence-corrected chi connectivity index (χ1v) is 3.66. The number of nitrogens with one attached hydrogen (secondary N) is 1. The summed E-state index contributed by atoms with van der Waals surface area (Å²) in [6.07, 6.45) is 0. The number of nitrogens with two attached hydrogens (primary N) is 2. The van der Waals surface area contributed by atoms with Crippen LogP contribution in [0.5, 0.6) is 0 Å². The highest BCUT2D eigenvalue weighted by Gasteiger charge is 1.91. The van der Waals surface area contributed by atoms with Crippen LogP contribution in [0.3, 0.4) is 0 Å². The molecule has 4 nitrogen and oxygen atoms in total. The van der Waals surface area contributed by atoms with Crippen LogP contribution >= 0.6 is 11.6 Å². The first-order valence-electron chi connectivity index (χ1n) is 3.28. The lowest BCUT2D eigenvalue weighted by Gasteiger charge is -1.98. The molecule has 5 N–H and O–H groups in total. The van der Waals surface area contributed by atoms with E-state index in [0.717, 1.165) is 0 Å². The maximum absolute atomic E-state index is 5.71. The highest BCUT2D eigenvalue weighted by molar-refractivity contribution is 6.30. The summed E-state index contributed by atoms with van der Waals surface area (Å²) in [4.78, 5) is 3.91. The third-order valence-electron chi connectivity index (χ3n) is 1.21. The Kier molecular flexibility index (Phi) is 2.90. The minimum Gasteiger partial charge on any atom is -0.369 e. The maximum atomic E-state index is 5.71. The van der Waals surface area contributed by atoms with Gasteiger partial charge in [-0.1, -0.05) is 17.7 Å². The minimum absolute atomic E-state index is 0.150. The maximum Gasteiger partial charge on any atom is 0.208 e. The number of hydrogen-bond donors (Lipinski definition) is 3. The van der Waals surface area contributed by atoms with Gasteiger partial charge in [-0.15, -0.1) is 0 Å². The van der Waals surface area contributed by atoms with Crippen molar-refractivity contribution < 1.29 is 0 Å². The van der Waals surface area contributed by atoms with E-state index in [0.29, 0.717) is 10.7 Å². The molecule has 0 aliphatic carbocycles. The molecule has 0 aliphatic heterocycles. The number of halogens is 1. The molecule has 0 aromatic heterocycles. The Morgan fingerprint density at radius 2 is 2.25 bits per heavy atom. The molecule has 0 unspecified atom stereocenters. The van der Waals surface area contributed by atoms with E-state index in [2.05, 4.69) is 10.4 Å². The molecule has 0 spiro atoms. The number of benzene rings is 1. The lowest BCUT2D eigenvalue weighted by molar-refractivity contribution is 1.01. The molecule has 1 aromatic rings. The molecule has 0 saturated heterocycles. The molecule has 0 amide bonds. The van der Waals surface area contributed by atoms with E-state index in [4.69, 9.17) is 23.2 Å². The second kappa shape index (κ2) is 3.94. The van der Waals surface area contributed by atoms with Crippen molar-refractivity contribution in [1.82, 2.24) is 5.43 Å². The van der Waals surface area contributed by atoms with Crippen LogP contribution in [0.1, 0.15) is 0 Å². The van der Waals surface area contributed by atoms with Gasteiger partial charge in [0.05, 0.1) is 5.69 Å². The number of hydrogen-bond acceptors (Lipinski definition) is 2. The van der Waals surface area contributed by atoms with E-state index in [1.807, 2.05) is 0 Å². The number of hydrazine groups is 1. The van der Waals surface area contributed by atoms with Crippen molar-refractivity contribution in [3.63, 3.8) is 0 Å². The number of nitrogens with zero attached hydrogens (tertiary/aromatic N) is 1. The van der Waals surface area contributed by atoms with Crippen LogP contribution in [0.15, 0.2) is 29.3 Å².